The normalized spacial score (nSPS) is 12.2. The summed E-state index contributed by atoms with van der Waals surface area (Å²) in [6.45, 7) is 0.361. The van der Waals surface area contributed by atoms with Crippen LogP contribution < -0.4 is 5.32 Å². The lowest BCUT2D eigenvalue weighted by atomic mass is 10.1. The molecule has 0 spiro atoms. The zero-order valence-electron chi connectivity index (χ0n) is 9.95. The van der Waals surface area contributed by atoms with Crippen molar-refractivity contribution in [3.05, 3.63) is 33.3 Å². The Morgan fingerprint density at radius 3 is 2.89 bits per heavy atom. The van der Waals surface area contributed by atoms with Gasteiger partial charge in [-0.15, -0.1) is 0 Å². The first-order chi connectivity index (χ1) is 8.58. The Balaban J connectivity index is 2.70. The third-order valence-electron chi connectivity index (χ3n) is 2.36. The molecular weight excluding hydrogens is 321 g/mol. The molecule has 0 radical (unpaired) electrons. The molecule has 1 rings (SSSR count). The van der Waals surface area contributed by atoms with Crippen molar-refractivity contribution in [2.24, 2.45) is 0 Å². The summed E-state index contributed by atoms with van der Waals surface area (Å²) in [5.41, 5.74) is 0.505. The predicted molar refractivity (Wildman–Crippen MR) is 74.0 cm³/mol. The van der Waals surface area contributed by atoms with E-state index in [0.717, 1.165) is 0 Å². The summed E-state index contributed by atoms with van der Waals surface area (Å²) in [7, 11) is 1.55. The van der Waals surface area contributed by atoms with Crippen molar-refractivity contribution in [3.8, 4) is 0 Å². The third kappa shape index (κ3) is 4.57. The molecule has 0 fully saturated rings. The number of carbonyl (C=O) groups is 1. The first-order valence-electron chi connectivity index (χ1n) is 5.44. The van der Waals surface area contributed by atoms with Crippen LogP contribution >= 0.6 is 27.5 Å². The average Bonchev–Trinajstić information content (AvgIpc) is 2.33. The summed E-state index contributed by atoms with van der Waals surface area (Å²) < 4.78 is 5.65. The first-order valence-corrected chi connectivity index (χ1v) is 6.61. The Labute approximate surface area is 119 Å². The number of aliphatic hydroxyl groups is 1. The maximum atomic E-state index is 12.0. The SMILES string of the molecule is COCC(CCO)NC(=O)c1ccc(Cl)c(Br)c1. The Morgan fingerprint density at radius 1 is 1.61 bits per heavy atom. The maximum Gasteiger partial charge on any atom is 0.251 e. The number of ether oxygens (including phenoxy) is 1. The highest BCUT2D eigenvalue weighted by atomic mass is 79.9. The summed E-state index contributed by atoms with van der Waals surface area (Å²) in [5, 5.41) is 12.2. The quantitative estimate of drug-likeness (QED) is 0.837. The van der Waals surface area contributed by atoms with E-state index >= 15 is 0 Å². The number of halogens is 2. The number of rotatable bonds is 6. The molecule has 18 heavy (non-hydrogen) atoms. The molecule has 0 heterocycles. The van der Waals surface area contributed by atoms with Crippen LogP contribution in [0.25, 0.3) is 0 Å². The summed E-state index contributed by atoms with van der Waals surface area (Å²) in [5.74, 6) is -0.220. The van der Waals surface area contributed by atoms with Gasteiger partial charge >= 0.3 is 0 Å². The molecular formula is C12H15BrClNO3. The Hall–Kier alpha value is -0.620. The van der Waals surface area contributed by atoms with Crippen LogP contribution in [0.4, 0.5) is 0 Å². The lowest BCUT2D eigenvalue weighted by Crippen LogP contribution is -2.38. The van der Waals surface area contributed by atoms with Gasteiger partial charge in [-0.05, 0) is 40.5 Å². The number of benzene rings is 1. The van der Waals surface area contributed by atoms with Gasteiger partial charge in [0.15, 0.2) is 0 Å². The molecule has 1 aromatic rings. The molecule has 1 amide bonds. The number of hydrogen-bond acceptors (Lipinski definition) is 3. The van der Waals surface area contributed by atoms with E-state index in [1.54, 1.807) is 25.3 Å². The summed E-state index contributed by atoms with van der Waals surface area (Å²) in [6.07, 6.45) is 0.453. The van der Waals surface area contributed by atoms with Gasteiger partial charge in [-0.1, -0.05) is 11.6 Å². The van der Waals surface area contributed by atoms with Crippen LogP contribution in [-0.4, -0.2) is 37.4 Å². The molecule has 100 valence electrons. The minimum absolute atomic E-state index is 0.00137. The van der Waals surface area contributed by atoms with E-state index in [0.29, 0.717) is 28.1 Å². The first kappa shape index (κ1) is 15.4. The molecule has 1 unspecified atom stereocenters. The van der Waals surface area contributed by atoms with Gasteiger partial charge in [0.25, 0.3) is 5.91 Å². The highest BCUT2D eigenvalue weighted by Gasteiger charge is 2.14. The van der Waals surface area contributed by atoms with E-state index < -0.39 is 0 Å². The second-order valence-corrected chi connectivity index (χ2v) is 5.03. The number of methoxy groups -OCH3 is 1. The Kier molecular flexibility index (Phi) is 6.63. The molecule has 4 nitrogen and oxygen atoms in total. The van der Waals surface area contributed by atoms with Gasteiger partial charge in [-0.25, -0.2) is 0 Å². The molecule has 2 N–H and O–H groups in total. The van der Waals surface area contributed by atoms with Crippen LogP contribution in [0.2, 0.25) is 5.02 Å². The van der Waals surface area contributed by atoms with E-state index in [1.807, 2.05) is 0 Å². The van der Waals surface area contributed by atoms with Crippen molar-refractivity contribution in [3.63, 3.8) is 0 Å². The fraction of sp³-hybridized carbons (Fsp3) is 0.417. The fourth-order valence-electron chi connectivity index (χ4n) is 1.46. The smallest absolute Gasteiger partial charge is 0.251 e. The molecule has 1 aromatic carbocycles. The largest absolute Gasteiger partial charge is 0.396 e. The predicted octanol–water partition coefficient (Wildman–Crippen LogP) is 2.23. The molecule has 0 aliphatic heterocycles. The third-order valence-corrected chi connectivity index (χ3v) is 3.58. The molecule has 1 atom stereocenters. The van der Waals surface area contributed by atoms with Crippen LogP contribution in [0.1, 0.15) is 16.8 Å². The van der Waals surface area contributed by atoms with Crippen molar-refractivity contribution in [1.82, 2.24) is 5.32 Å². The van der Waals surface area contributed by atoms with Gasteiger partial charge in [0.05, 0.1) is 17.7 Å². The maximum absolute atomic E-state index is 12.0. The van der Waals surface area contributed by atoms with Gasteiger partial charge in [0.1, 0.15) is 0 Å². The number of hydrogen-bond donors (Lipinski definition) is 2. The van der Waals surface area contributed by atoms with Crippen molar-refractivity contribution in [2.45, 2.75) is 12.5 Å². The monoisotopic (exact) mass is 335 g/mol. The van der Waals surface area contributed by atoms with Crippen LogP contribution in [0.15, 0.2) is 22.7 Å². The summed E-state index contributed by atoms with van der Waals surface area (Å²) in [6, 6.07) is 4.74. The summed E-state index contributed by atoms with van der Waals surface area (Å²) in [4.78, 5) is 12.0. The van der Waals surface area contributed by atoms with E-state index in [9.17, 15) is 4.79 Å². The topological polar surface area (TPSA) is 58.6 Å². The molecule has 0 saturated heterocycles. The molecule has 0 aliphatic rings. The lowest BCUT2D eigenvalue weighted by molar-refractivity contribution is 0.0878. The van der Waals surface area contributed by atoms with Gasteiger partial charge in [-0.3, -0.25) is 4.79 Å². The Morgan fingerprint density at radius 2 is 2.33 bits per heavy atom. The van der Waals surface area contributed by atoms with Crippen molar-refractivity contribution >= 4 is 33.4 Å². The molecule has 0 aromatic heterocycles. The van der Waals surface area contributed by atoms with Crippen molar-refractivity contribution in [1.29, 1.82) is 0 Å². The van der Waals surface area contributed by atoms with Gasteiger partial charge in [-0.2, -0.15) is 0 Å². The van der Waals surface area contributed by atoms with Crippen LogP contribution in [0.3, 0.4) is 0 Å². The highest BCUT2D eigenvalue weighted by molar-refractivity contribution is 9.10. The highest BCUT2D eigenvalue weighted by Crippen LogP contribution is 2.23. The lowest BCUT2D eigenvalue weighted by Gasteiger charge is -2.17. The van der Waals surface area contributed by atoms with E-state index in [1.165, 1.54) is 0 Å². The van der Waals surface area contributed by atoms with Gasteiger partial charge in [0.2, 0.25) is 0 Å². The Bertz CT molecular complexity index is 408. The average molecular weight is 337 g/mol. The fourth-order valence-corrected chi connectivity index (χ4v) is 1.96. The number of amides is 1. The minimum Gasteiger partial charge on any atom is -0.396 e. The van der Waals surface area contributed by atoms with Crippen LogP contribution in [0, 0.1) is 0 Å². The van der Waals surface area contributed by atoms with Gasteiger partial charge < -0.3 is 15.2 Å². The number of nitrogens with one attached hydrogen (secondary N) is 1. The standard InChI is InChI=1S/C12H15BrClNO3/c1-18-7-9(4-5-16)15-12(17)8-2-3-11(14)10(13)6-8/h2-3,6,9,16H,4-5,7H2,1H3,(H,15,17). The van der Waals surface area contributed by atoms with Crippen LogP contribution in [-0.2, 0) is 4.74 Å². The second kappa shape index (κ2) is 7.74. The van der Waals surface area contributed by atoms with Crippen molar-refractivity contribution < 1.29 is 14.6 Å². The zero-order valence-corrected chi connectivity index (χ0v) is 12.3. The van der Waals surface area contributed by atoms with Gasteiger partial charge in [0, 0.05) is 23.8 Å². The molecule has 0 saturated carbocycles. The second-order valence-electron chi connectivity index (χ2n) is 3.77. The molecule has 0 aliphatic carbocycles. The summed E-state index contributed by atoms with van der Waals surface area (Å²) >= 11 is 9.12. The number of aliphatic hydroxyl groups excluding tert-OH is 1. The van der Waals surface area contributed by atoms with E-state index in [4.69, 9.17) is 21.4 Å². The minimum atomic E-state index is -0.220. The van der Waals surface area contributed by atoms with Crippen molar-refractivity contribution in [2.75, 3.05) is 20.3 Å². The van der Waals surface area contributed by atoms with E-state index in [2.05, 4.69) is 21.2 Å². The number of carbonyl (C=O) groups excluding carboxylic acids is 1. The molecule has 6 heteroatoms. The molecule has 0 bridgehead atoms. The van der Waals surface area contributed by atoms with E-state index in [-0.39, 0.29) is 18.6 Å². The zero-order chi connectivity index (χ0) is 13.5. The van der Waals surface area contributed by atoms with Crippen LogP contribution in [0.5, 0.6) is 0 Å².